The van der Waals surface area contributed by atoms with E-state index in [1.165, 1.54) is 5.56 Å². The van der Waals surface area contributed by atoms with E-state index in [-0.39, 0.29) is 0 Å². The fraction of sp³-hybridized carbons (Fsp3) is 0.214. The molecule has 2 aromatic rings. The molecule has 0 atom stereocenters. The maximum Gasteiger partial charge on any atom is 0.151 e. The minimum Gasteiger partial charge on any atom is -0.396 e. The molecule has 0 radical (unpaired) electrons. The van der Waals surface area contributed by atoms with E-state index in [0.29, 0.717) is 10.7 Å². The van der Waals surface area contributed by atoms with Crippen molar-refractivity contribution in [3.8, 4) is 0 Å². The molecule has 0 spiro atoms. The number of nitrogens with zero attached hydrogens (tertiary/aromatic N) is 2. The Morgan fingerprint density at radius 3 is 2.67 bits per heavy atom. The summed E-state index contributed by atoms with van der Waals surface area (Å²) in [6.07, 6.45) is 2.58. The number of anilines is 2. The van der Waals surface area contributed by atoms with Crippen LogP contribution in [0.5, 0.6) is 0 Å². The molecule has 0 fully saturated rings. The molecule has 2 N–H and O–H groups in total. The summed E-state index contributed by atoms with van der Waals surface area (Å²) in [6.45, 7) is 0.864. The van der Waals surface area contributed by atoms with Crippen molar-refractivity contribution in [2.45, 2.75) is 6.42 Å². The van der Waals surface area contributed by atoms with Crippen LogP contribution in [0.25, 0.3) is 0 Å². The van der Waals surface area contributed by atoms with Crippen LogP contribution in [0.1, 0.15) is 5.56 Å². The Bertz CT molecular complexity index is 514. The summed E-state index contributed by atoms with van der Waals surface area (Å²) in [5.74, 6) is 0.773. The van der Waals surface area contributed by atoms with Crippen LogP contribution in [0, 0.1) is 0 Å². The van der Waals surface area contributed by atoms with Crippen LogP contribution in [-0.4, -0.2) is 18.6 Å². The lowest BCUT2D eigenvalue weighted by atomic mass is 10.1. The molecule has 4 heteroatoms. The van der Waals surface area contributed by atoms with E-state index in [1.54, 1.807) is 12.3 Å². The summed E-state index contributed by atoms with van der Waals surface area (Å²) < 4.78 is 0. The Labute approximate surface area is 112 Å². The second kappa shape index (κ2) is 5.74. The van der Waals surface area contributed by atoms with Gasteiger partial charge in [0, 0.05) is 19.8 Å². The maximum absolute atomic E-state index is 5.90. The van der Waals surface area contributed by atoms with Crippen LogP contribution in [-0.2, 0) is 6.42 Å². The molecule has 0 saturated heterocycles. The SMILES string of the molecule is CN(CCc1ccccc1)c1ncc(Cl)cc1N. The molecule has 1 aromatic heterocycles. The highest BCUT2D eigenvalue weighted by Gasteiger charge is 2.07. The highest BCUT2D eigenvalue weighted by atomic mass is 35.5. The Morgan fingerprint density at radius 2 is 2.00 bits per heavy atom. The van der Waals surface area contributed by atoms with Crippen LogP contribution >= 0.6 is 11.6 Å². The smallest absolute Gasteiger partial charge is 0.151 e. The summed E-state index contributed by atoms with van der Waals surface area (Å²) in [5.41, 5.74) is 7.81. The average Bonchev–Trinajstić information content (AvgIpc) is 2.37. The van der Waals surface area contributed by atoms with Gasteiger partial charge in [0.05, 0.1) is 10.7 Å². The first-order chi connectivity index (χ1) is 8.66. The van der Waals surface area contributed by atoms with Crippen LogP contribution in [0.3, 0.4) is 0 Å². The molecule has 0 amide bonds. The number of nitrogens with two attached hydrogens (primary N) is 1. The van der Waals surface area contributed by atoms with E-state index in [9.17, 15) is 0 Å². The molecule has 0 aliphatic heterocycles. The zero-order valence-corrected chi connectivity index (χ0v) is 11.1. The number of hydrogen-bond donors (Lipinski definition) is 1. The summed E-state index contributed by atoms with van der Waals surface area (Å²) in [4.78, 5) is 6.30. The number of hydrogen-bond acceptors (Lipinski definition) is 3. The van der Waals surface area contributed by atoms with Crippen LogP contribution < -0.4 is 10.6 Å². The lowest BCUT2D eigenvalue weighted by Crippen LogP contribution is -2.22. The average molecular weight is 262 g/mol. The first kappa shape index (κ1) is 12.7. The van der Waals surface area contributed by atoms with Crippen molar-refractivity contribution in [1.82, 2.24) is 4.98 Å². The molecule has 2 rings (SSSR count). The standard InChI is InChI=1S/C14H16ClN3/c1-18(8-7-11-5-3-2-4-6-11)14-13(16)9-12(15)10-17-14/h2-6,9-10H,7-8,16H2,1H3. The molecule has 0 aliphatic rings. The van der Waals surface area contributed by atoms with Gasteiger partial charge in [-0.15, -0.1) is 0 Å². The Kier molecular flexibility index (Phi) is 4.05. The topological polar surface area (TPSA) is 42.2 Å². The highest BCUT2D eigenvalue weighted by Crippen LogP contribution is 2.22. The fourth-order valence-electron chi connectivity index (χ4n) is 1.81. The van der Waals surface area contributed by atoms with Gasteiger partial charge in [-0.1, -0.05) is 41.9 Å². The quantitative estimate of drug-likeness (QED) is 0.920. The van der Waals surface area contributed by atoms with Crippen molar-refractivity contribution in [2.24, 2.45) is 0 Å². The molecule has 94 valence electrons. The van der Waals surface area contributed by atoms with Gasteiger partial charge in [0.25, 0.3) is 0 Å². The van der Waals surface area contributed by atoms with Crippen molar-refractivity contribution < 1.29 is 0 Å². The van der Waals surface area contributed by atoms with E-state index in [4.69, 9.17) is 17.3 Å². The van der Waals surface area contributed by atoms with Crippen molar-refractivity contribution >= 4 is 23.1 Å². The minimum atomic E-state index is 0.563. The Morgan fingerprint density at radius 1 is 1.28 bits per heavy atom. The molecule has 3 nitrogen and oxygen atoms in total. The van der Waals surface area contributed by atoms with Gasteiger partial charge in [-0.05, 0) is 18.1 Å². The van der Waals surface area contributed by atoms with E-state index in [2.05, 4.69) is 17.1 Å². The lowest BCUT2D eigenvalue weighted by Gasteiger charge is -2.19. The highest BCUT2D eigenvalue weighted by molar-refractivity contribution is 6.30. The Hall–Kier alpha value is -1.74. The minimum absolute atomic E-state index is 0.563. The number of rotatable bonds is 4. The number of benzene rings is 1. The number of likely N-dealkylation sites (N-methyl/N-ethyl adjacent to an activating group) is 1. The second-order valence-electron chi connectivity index (χ2n) is 4.22. The van der Waals surface area contributed by atoms with Crippen LogP contribution in [0.2, 0.25) is 5.02 Å². The van der Waals surface area contributed by atoms with Gasteiger partial charge in [0.2, 0.25) is 0 Å². The second-order valence-corrected chi connectivity index (χ2v) is 4.66. The summed E-state index contributed by atoms with van der Waals surface area (Å²) >= 11 is 5.83. The maximum atomic E-state index is 5.90. The third-order valence-electron chi connectivity index (χ3n) is 2.80. The van der Waals surface area contributed by atoms with Crippen LogP contribution in [0.15, 0.2) is 42.6 Å². The molecule has 1 aromatic carbocycles. The molecule has 0 aliphatic carbocycles. The number of halogens is 1. The van der Waals surface area contributed by atoms with Crippen molar-refractivity contribution in [3.63, 3.8) is 0 Å². The zero-order valence-electron chi connectivity index (χ0n) is 10.3. The van der Waals surface area contributed by atoms with Gasteiger partial charge in [0.1, 0.15) is 0 Å². The van der Waals surface area contributed by atoms with Gasteiger partial charge < -0.3 is 10.6 Å². The summed E-state index contributed by atoms with van der Waals surface area (Å²) in [7, 11) is 1.98. The van der Waals surface area contributed by atoms with Gasteiger partial charge in [-0.2, -0.15) is 0 Å². The number of nitrogen functional groups attached to an aromatic ring is 1. The van der Waals surface area contributed by atoms with Gasteiger partial charge >= 0.3 is 0 Å². The van der Waals surface area contributed by atoms with Gasteiger partial charge in [-0.25, -0.2) is 4.98 Å². The molecule has 1 heterocycles. The number of pyridine rings is 1. The van der Waals surface area contributed by atoms with E-state index >= 15 is 0 Å². The van der Waals surface area contributed by atoms with E-state index in [0.717, 1.165) is 18.8 Å². The van der Waals surface area contributed by atoms with Crippen LogP contribution in [0.4, 0.5) is 11.5 Å². The van der Waals surface area contributed by atoms with Gasteiger partial charge in [-0.3, -0.25) is 0 Å². The molecular weight excluding hydrogens is 246 g/mol. The number of aromatic nitrogens is 1. The first-order valence-corrected chi connectivity index (χ1v) is 6.20. The zero-order chi connectivity index (χ0) is 13.0. The van der Waals surface area contributed by atoms with Crippen molar-refractivity contribution in [2.75, 3.05) is 24.2 Å². The van der Waals surface area contributed by atoms with Crippen molar-refractivity contribution in [3.05, 3.63) is 53.2 Å². The molecule has 0 unspecified atom stereocenters. The molecule has 0 saturated carbocycles. The third-order valence-corrected chi connectivity index (χ3v) is 3.01. The lowest BCUT2D eigenvalue weighted by molar-refractivity contribution is 0.861. The van der Waals surface area contributed by atoms with E-state index < -0.39 is 0 Å². The third kappa shape index (κ3) is 3.14. The summed E-state index contributed by atoms with van der Waals surface area (Å²) in [6, 6.07) is 12.1. The fourth-order valence-corrected chi connectivity index (χ4v) is 1.98. The van der Waals surface area contributed by atoms with Gasteiger partial charge in [0.15, 0.2) is 5.82 Å². The predicted molar refractivity (Wildman–Crippen MR) is 77.1 cm³/mol. The largest absolute Gasteiger partial charge is 0.396 e. The van der Waals surface area contributed by atoms with Crippen molar-refractivity contribution in [1.29, 1.82) is 0 Å². The molecule has 0 bridgehead atoms. The normalized spacial score (nSPS) is 10.3. The molecule has 18 heavy (non-hydrogen) atoms. The monoisotopic (exact) mass is 261 g/mol. The molecular formula is C14H16ClN3. The predicted octanol–water partition coefficient (Wildman–Crippen LogP) is 3.00. The van der Waals surface area contributed by atoms with E-state index in [1.807, 2.05) is 30.1 Å². The summed E-state index contributed by atoms with van der Waals surface area (Å²) in [5, 5.41) is 0.563. The Balaban J connectivity index is 2.01. The first-order valence-electron chi connectivity index (χ1n) is 5.83.